The third-order valence-electron chi connectivity index (χ3n) is 1.90. The average molecular weight is 239 g/mol. The molecular weight excluding hydrogens is 228 g/mol. The van der Waals surface area contributed by atoms with Crippen LogP contribution in [-0.2, 0) is 0 Å². The van der Waals surface area contributed by atoms with Gasteiger partial charge in [0.15, 0.2) is 0 Å². The first-order valence-corrected chi connectivity index (χ1v) is 5.34. The van der Waals surface area contributed by atoms with Gasteiger partial charge in [0, 0.05) is 29.6 Å². The lowest BCUT2D eigenvalue weighted by molar-refractivity contribution is 0.687. The Labute approximate surface area is 86.7 Å². The van der Waals surface area contributed by atoms with Crippen LogP contribution in [0.15, 0.2) is 24.4 Å². The number of nitrogens with zero attached hydrogens (tertiary/aromatic N) is 2. The molecule has 0 fully saturated rings. The van der Waals surface area contributed by atoms with E-state index in [1.165, 1.54) is 0 Å². The zero-order chi connectivity index (χ0) is 9.52. The van der Waals surface area contributed by atoms with Crippen molar-refractivity contribution in [2.24, 2.45) is 0 Å². The van der Waals surface area contributed by atoms with Gasteiger partial charge in [-0.25, -0.2) is 0 Å². The molecular formula is C10H11BrN2. The lowest BCUT2D eigenvalue weighted by Crippen LogP contribution is -2.01. The standard InChI is InChI=1S/C10H11BrN2/c11-8-9(4-3-6-12)10-5-1-2-7-13-10/h1-2,5,7,9H,3-4,8H2. The molecule has 1 unspecified atom stereocenters. The van der Waals surface area contributed by atoms with E-state index < -0.39 is 0 Å². The van der Waals surface area contributed by atoms with Gasteiger partial charge in [0.2, 0.25) is 0 Å². The van der Waals surface area contributed by atoms with E-state index in [2.05, 4.69) is 27.0 Å². The second-order valence-corrected chi connectivity index (χ2v) is 3.45. The lowest BCUT2D eigenvalue weighted by Gasteiger charge is -2.10. The van der Waals surface area contributed by atoms with E-state index in [1.807, 2.05) is 18.2 Å². The van der Waals surface area contributed by atoms with Gasteiger partial charge in [-0.3, -0.25) is 4.98 Å². The predicted molar refractivity (Wildman–Crippen MR) is 55.6 cm³/mol. The summed E-state index contributed by atoms with van der Waals surface area (Å²) in [5, 5.41) is 9.34. The highest BCUT2D eigenvalue weighted by molar-refractivity contribution is 9.09. The molecule has 0 N–H and O–H groups in total. The van der Waals surface area contributed by atoms with E-state index in [1.54, 1.807) is 6.20 Å². The Morgan fingerprint density at radius 3 is 2.92 bits per heavy atom. The summed E-state index contributed by atoms with van der Waals surface area (Å²) < 4.78 is 0. The molecule has 1 aromatic heterocycles. The maximum absolute atomic E-state index is 8.47. The summed E-state index contributed by atoms with van der Waals surface area (Å²) in [6, 6.07) is 8.04. The van der Waals surface area contributed by atoms with Crippen LogP contribution in [0.5, 0.6) is 0 Å². The summed E-state index contributed by atoms with van der Waals surface area (Å²) >= 11 is 3.43. The number of nitriles is 1. The first-order chi connectivity index (χ1) is 6.38. The fourth-order valence-electron chi connectivity index (χ4n) is 1.16. The minimum absolute atomic E-state index is 0.362. The molecule has 0 spiro atoms. The maximum atomic E-state index is 8.47. The summed E-state index contributed by atoms with van der Waals surface area (Å²) in [6.07, 6.45) is 3.25. The van der Waals surface area contributed by atoms with Gasteiger partial charge in [0.25, 0.3) is 0 Å². The van der Waals surface area contributed by atoms with Gasteiger partial charge in [-0.15, -0.1) is 0 Å². The van der Waals surface area contributed by atoms with Gasteiger partial charge >= 0.3 is 0 Å². The van der Waals surface area contributed by atoms with Crippen molar-refractivity contribution in [3.05, 3.63) is 30.1 Å². The minimum atomic E-state index is 0.362. The number of halogens is 1. The number of rotatable bonds is 4. The van der Waals surface area contributed by atoms with Crippen molar-refractivity contribution in [2.45, 2.75) is 18.8 Å². The summed E-state index contributed by atoms with van der Waals surface area (Å²) in [7, 11) is 0. The minimum Gasteiger partial charge on any atom is -0.261 e. The normalized spacial score (nSPS) is 12.0. The molecule has 1 aromatic rings. The number of pyridine rings is 1. The third-order valence-corrected chi connectivity index (χ3v) is 2.68. The van der Waals surface area contributed by atoms with Crippen LogP contribution in [0.25, 0.3) is 0 Å². The van der Waals surface area contributed by atoms with Gasteiger partial charge in [0.1, 0.15) is 0 Å². The molecule has 0 saturated carbocycles. The highest BCUT2D eigenvalue weighted by atomic mass is 79.9. The van der Waals surface area contributed by atoms with Crippen molar-refractivity contribution < 1.29 is 0 Å². The van der Waals surface area contributed by atoms with Crippen molar-refractivity contribution in [3.8, 4) is 6.07 Å². The predicted octanol–water partition coefficient (Wildman–Crippen LogP) is 2.86. The molecule has 2 nitrogen and oxygen atoms in total. The topological polar surface area (TPSA) is 36.7 Å². The Hall–Kier alpha value is -0.880. The molecule has 68 valence electrons. The van der Waals surface area contributed by atoms with Crippen molar-refractivity contribution in [3.63, 3.8) is 0 Å². The first-order valence-electron chi connectivity index (χ1n) is 4.22. The molecule has 1 atom stereocenters. The highest BCUT2D eigenvalue weighted by Gasteiger charge is 2.09. The molecule has 3 heteroatoms. The van der Waals surface area contributed by atoms with Crippen LogP contribution >= 0.6 is 15.9 Å². The van der Waals surface area contributed by atoms with Crippen molar-refractivity contribution in [1.29, 1.82) is 5.26 Å². The van der Waals surface area contributed by atoms with E-state index in [0.717, 1.165) is 17.4 Å². The summed E-state index contributed by atoms with van der Waals surface area (Å²) in [5.74, 6) is 0.362. The average Bonchev–Trinajstić information content (AvgIpc) is 2.21. The van der Waals surface area contributed by atoms with Crippen LogP contribution in [-0.4, -0.2) is 10.3 Å². The summed E-state index contributed by atoms with van der Waals surface area (Å²) in [5.41, 5.74) is 1.06. The van der Waals surface area contributed by atoms with Crippen molar-refractivity contribution in [1.82, 2.24) is 4.98 Å². The highest BCUT2D eigenvalue weighted by Crippen LogP contribution is 2.20. The Bertz CT molecular complexity index is 279. The van der Waals surface area contributed by atoms with Crippen LogP contribution in [0.4, 0.5) is 0 Å². The zero-order valence-corrected chi connectivity index (χ0v) is 8.87. The van der Waals surface area contributed by atoms with Crippen LogP contribution in [0.1, 0.15) is 24.5 Å². The molecule has 1 heterocycles. The number of alkyl halides is 1. The van der Waals surface area contributed by atoms with E-state index in [4.69, 9.17) is 5.26 Å². The molecule has 0 saturated heterocycles. The Kier molecular flexibility index (Phi) is 4.48. The molecule has 0 amide bonds. The second kappa shape index (κ2) is 5.71. The fraction of sp³-hybridized carbons (Fsp3) is 0.400. The second-order valence-electron chi connectivity index (χ2n) is 2.80. The molecule has 0 aliphatic heterocycles. The lowest BCUT2D eigenvalue weighted by atomic mass is 10.0. The van der Waals surface area contributed by atoms with Gasteiger partial charge in [-0.1, -0.05) is 22.0 Å². The Morgan fingerprint density at radius 1 is 1.54 bits per heavy atom. The summed E-state index contributed by atoms with van der Waals surface area (Å²) in [4.78, 5) is 4.26. The number of aromatic nitrogens is 1. The Morgan fingerprint density at radius 2 is 2.38 bits per heavy atom. The van der Waals surface area contributed by atoms with Crippen LogP contribution in [0.3, 0.4) is 0 Å². The molecule has 0 radical (unpaired) electrons. The number of hydrogen-bond acceptors (Lipinski definition) is 2. The fourth-order valence-corrected chi connectivity index (χ4v) is 1.82. The SMILES string of the molecule is N#CCCC(CBr)c1ccccn1. The molecule has 0 bridgehead atoms. The number of hydrogen-bond donors (Lipinski definition) is 0. The molecule has 1 rings (SSSR count). The maximum Gasteiger partial charge on any atom is 0.0621 e. The monoisotopic (exact) mass is 238 g/mol. The van der Waals surface area contributed by atoms with Crippen LogP contribution < -0.4 is 0 Å². The van der Waals surface area contributed by atoms with Gasteiger partial charge in [0.05, 0.1) is 6.07 Å². The van der Waals surface area contributed by atoms with Gasteiger partial charge in [-0.05, 0) is 18.6 Å². The van der Waals surface area contributed by atoms with Crippen molar-refractivity contribution in [2.75, 3.05) is 5.33 Å². The van der Waals surface area contributed by atoms with Gasteiger partial charge < -0.3 is 0 Å². The van der Waals surface area contributed by atoms with E-state index >= 15 is 0 Å². The first kappa shape index (κ1) is 10.2. The van der Waals surface area contributed by atoms with E-state index in [9.17, 15) is 0 Å². The third kappa shape index (κ3) is 3.16. The van der Waals surface area contributed by atoms with E-state index in [-0.39, 0.29) is 0 Å². The van der Waals surface area contributed by atoms with Crippen LogP contribution in [0.2, 0.25) is 0 Å². The van der Waals surface area contributed by atoms with Crippen LogP contribution in [0, 0.1) is 11.3 Å². The zero-order valence-electron chi connectivity index (χ0n) is 7.28. The molecule has 0 aromatic carbocycles. The molecule has 0 aliphatic carbocycles. The van der Waals surface area contributed by atoms with E-state index in [0.29, 0.717) is 12.3 Å². The smallest absolute Gasteiger partial charge is 0.0621 e. The molecule has 13 heavy (non-hydrogen) atoms. The van der Waals surface area contributed by atoms with Gasteiger partial charge in [-0.2, -0.15) is 5.26 Å². The Balaban J connectivity index is 2.63. The summed E-state index contributed by atoms with van der Waals surface area (Å²) in [6.45, 7) is 0. The van der Waals surface area contributed by atoms with Crippen molar-refractivity contribution >= 4 is 15.9 Å². The largest absolute Gasteiger partial charge is 0.261 e. The molecule has 0 aliphatic rings. The quantitative estimate of drug-likeness (QED) is 0.757.